The maximum absolute atomic E-state index is 9.83. The molecular weight excluding hydrogens is 206 g/mol. The average Bonchev–Trinajstić information content (AvgIpc) is 0.722. The van der Waals surface area contributed by atoms with Crippen LogP contribution in [0.1, 0.15) is 0 Å². The van der Waals surface area contributed by atoms with Gasteiger partial charge in [0.25, 0.3) is 0 Å². The normalized spacial score (nSPS) is 9.83. The predicted molar refractivity (Wildman–Crippen MR) is 26.1 cm³/mol. The Bertz CT molecular complexity index is 55.7. The first-order chi connectivity index (χ1) is 2.00. The topological polar surface area (TPSA) is 37.3 Å². The first-order valence-corrected chi connectivity index (χ1v) is 6.64. The summed E-state index contributed by atoms with van der Waals surface area (Å²) in [6.45, 7) is 0. The third-order valence-electron chi connectivity index (χ3n) is 0. The van der Waals surface area contributed by atoms with Gasteiger partial charge in [-0.1, -0.05) is 0 Å². The average molecular weight is 213 g/mol. The van der Waals surface area contributed by atoms with E-state index in [1.165, 1.54) is 11.4 Å². The zero-order chi connectivity index (χ0) is 4.50. The Morgan fingerprint density at radius 1 is 1.50 bits per heavy atom. The third kappa shape index (κ3) is 95.3. The van der Waals surface area contributed by atoms with Gasteiger partial charge in [-0.2, -0.15) is 0 Å². The Morgan fingerprint density at radius 3 is 1.50 bits per heavy atom. The third-order valence-corrected chi connectivity index (χ3v) is 0. The predicted octanol–water partition coefficient (Wildman–Crippen LogP) is -0.270. The van der Waals surface area contributed by atoms with Gasteiger partial charge in [-0.15, -0.1) is 0 Å². The Morgan fingerprint density at radius 2 is 1.50 bits per heavy atom. The van der Waals surface area contributed by atoms with Gasteiger partial charge in [-0.25, -0.2) is 0 Å². The summed E-state index contributed by atoms with van der Waals surface area (Å²) >= 11 is -3.12. The molecule has 4 heteroatoms. The Balaban J connectivity index is 0. The van der Waals surface area contributed by atoms with Crippen LogP contribution in [-0.4, -0.2) is 35.9 Å². The van der Waals surface area contributed by atoms with Crippen molar-refractivity contribution in [1.29, 1.82) is 0 Å². The molecule has 0 aromatic heterocycles. The fourth-order valence-electron chi connectivity index (χ4n) is 0. The quantitative estimate of drug-likeness (QED) is 0.562. The molecule has 6 heavy (non-hydrogen) atoms. The minimum Gasteiger partial charge on any atom is 0 e. The minimum absolute atomic E-state index is 0. The summed E-state index contributed by atoms with van der Waals surface area (Å²) in [5, 5.41) is 0. The summed E-state index contributed by atoms with van der Waals surface area (Å²) in [7, 11) is 0. The maximum Gasteiger partial charge on any atom is 0 e. The fraction of sp³-hybridized carbons (Fsp3) is 1.00. The van der Waals surface area contributed by atoms with Crippen molar-refractivity contribution in [2.75, 3.05) is 0 Å². The molecule has 2 nitrogen and oxygen atoms in total. The van der Waals surface area contributed by atoms with E-state index in [0.717, 1.165) is 0 Å². The SMILES string of the molecule is C[As](C)(=O)O.[As]. The van der Waals surface area contributed by atoms with Crippen LogP contribution in [0.15, 0.2) is 0 Å². The maximum atomic E-state index is 9.83. The summed E-state index contributed by atoms with van der Waals surface area (Å²) < 4.78 is 18.0. The van der Waals surface area contributed by atoms with Gasteiger partial charge in [0.2, 0.25) is 0 Å². The minimum atomic E-state index is -3.12. The van der Waals surface area contributed by atoms with Gasteiger partial charge in [0.05, 0.1) is 0 Å². The second-order valence-electron chi connectivity index (χ2n) is 1.29. The van der Waals surface area contributed by atoms with E-state index in [2.05, 4.69) is 0 Å². The summed E-state index contributed by atoms with van der Waals surface area (Å²) in [4.78, 5) is 0. The second kappa shape index (κ2) is 2.96. The van der Waals surface area contributed by atoms with Crippen LogP contribution in [0.25, 0.3) is 0 Å². The van der Waals surface area contributed by atoms with Crippen LogP contribution in [0, 0.1) is 0 Å². The van der Waals surface area contributed by atoms with Gasteiger partial charge < -0.3 is 0 Å². The van der Waals surface area contributed by atoms with E-state index in [4.69, 9.17) is 4.10 Å². The molecule has 0 saturated heterocycles. The van der Waals surface area contributed by atoms with Gasteiger partial charge in [-0.3, -0.25) is 0 Å². The zero-order valence-electron chi connectivity index (χ0n) is 3.75. The summed E-state index contributed by atoms with van der Waals surface area (Å²) in [5.41, 5.74) is 2.72. The van der Waals surface area contributed by atoms with Crippen LogP contribution in [0.2, 0.25) is 11.4 Å². The molecule has 3 radical (unpaired) electrons. The van der Waals surface area contributed by atoms with Crippen LogP contribution in [0.3, 0.4) is 0 Å². The van der Waals surface area contributed by atoms with Gasteiger partial charge in [0.15, 0.2) is 0 Å². The van der Waals surface area contributed by atoms with Crippen molar-refractivity contribution < 1.29 is 7.84 Å². The van der Waals surface area contributed by atoms with E-state index < -0.39 is 13.8 Å². The van der Waals surface area contributed by atoms with Gasteiger partial charge in [0, 0.05) is 18.0 Å². The molecule has 0 bridgehead atoms. The van der Waals surface area contributed by atoms with Crippen molar-refractivity contribution in [2.24, 2.45) is 0 Å². The molecule has 0 heterocycles. The van der Waals surface area contributed by atoms with E-state index in [1.807, 2.05) is 0 Å². The van der Waals surface area contributed by atoms with E-state index in [-0.39, 0.29) is 18.0 Å². The second-order valence-corrected chi connectivity index (χ2v) is 6.72. The Labute approximate surface area is 51.3 Å². The molecule has 0 rings (SSSR count). The Hall–Kier alpha value is 0.877. The molecule has 0 aromatic rings. The molecule has 0 atom stereocenters. The number of hydrogen-bond donors (Lipinski definition) is 1. The van der Waals surface area contributed by atoms with Gasteiger partial charge in [-0.05, 0) is 0 Å². The van der Waals surface area contributed by atoms with Crippen molar-refractivity contribution in [1.82, 2.24) is 0 Å². The molecule has 0 aliphatic carbocycles. The number of hydrogen-bond acceptors (Lipinski definition) is 1. The molecular formula is C2H7As2O2. The van der Waals surface area contributed by atoms with Crippen LogP contribution in [0.4, 0.5) is 0 Å². The first-order valence-electron chi connectivity index (χ1n) is 1.28. The molecule has 0 amide bonds. The smallest absolute Gasteiger partial charge is 0 e. The molecule has 0 fully saturated rings. The molecule has 0 aromatic carbocycles. The van der Waals surface area contributed by atoms with Gasteiger partial charge in [0.1, 0.15) is 0 Å². The molecule has 0 unspecified atom stereocenters. The molecule has 0 aliphatic heterocycles. The van der Waals surface area contributed by atoms with Crippen molar-refractivity contribution in [3.8, 4) is 0 Å². The van der Waals surface area contributed by atoms with E-state index in [9.17, 15) is 3.74 Å². The van der Waals surface area contributed by atoms with Crippen LogP contribution in [0.5, 0.6) is 0 Å². The summed E-state index contributed by atoms with van der Waals surface area (Å²) in [6.07, 6.45) is 0. The zero-order valence-corrected chi connectivity index (χ0v) is 7.50. The molecule has 0 aliphatic rings. The standard InChI is InChI=1S/C2H7AsO2.As/c1-3(2,4)5;/h1-2H3,(H,4,5);. The van der Waals surface area contributed by atoms with Crippen LogP contribution in [-0.2, 0) is 3.74 Å². The largest absolute Gasteiger partial charge is 0 e. The van der Waals surface area contributed by atoms with Crippen LogP contribution < -0.4 is 0 Å². The van der Waals surface area contributed by atoms with E-state index >= 15 is 0 Å². The summed E-state index contributed by atoms with van der Waals surface area (Å²) in [5.74, 6) is 0. The summed E-state index contributed by atoms with van der Waals surface area (Å²) in [6, 6.07) is 0. The number of rotatable bonds is 0. The van der Waals surface area contributed by atoms with Crippen molar-refractivity contribution >= 4 is 31.8 Å². The van der Waals surface area contributed by atoms with E-state index in [0.29, 0.717) is 0 Å². The monoisotopic (exact) mass is 213 g/mol. The van der Waals surface area contributed by atoms with Crippen molar-refractivity contribution in [3.05, 3.63) is 0 Å². The van der Waals surface area contributed by atoms with Gasteiger partial charge >= 0.3 is 33.1 Å². The van der Waals surface area contributed by atoms with Crippen molar-refractivity contribution in [3.63, 3.8) is 0 Å². The first kappa shape index (κ1) is 9.99. The molecule has 37 valence electrons. The van der Waals surface area contributed by atoms with Crippen LogP contribution >= 0.6 is 0 Å². The Kier molecular flexibility index (Phi) is 4.92. The molecule has 0 spiro atoms. The van der Waals surface area contributed by atoms with E-state index in [1.54, 1.807) is 0 Å². The fourth-order valence-corrected chi connectivity index (χ4v) is 0. The molecule has 0 saturated carbocycles. The molecule has 1 N–H and O–H groups in total. The van der Waals surface area contributed by atoms with Crippen molar-refractivity contribution in [2.45, 2.75) is 11.4 Å².